The van der Waals surface area contributed by atoms with E-state index in [-0.39, 0.29) is 11.4 Å². The number of carbonyl (C=O) groups excluding carboxylic acids is 3. The lowest BCUT2D eigenvalue weighted by atomic mass is 9.77. The highest BCUT2D eigenvalue weighted by Crippen LogP contribution is 2.40. The molecule has 2 heterocycles. The van der Waals surface area contributed by atoms with Crippen LogP contribution >= 0.6 is 11.3 Å². The number of rotatable bonds is 11. The Kier molecular flexibility index (Phi) is 9.45. The van der Waals surface area contributed by atoms with E-state index in [1.165, 1.54) is 11.3 Å². The third-order valence-electron chi connectivity index (χ3n) is 7.62. The number of hydrogen-bond acceptors (Lipinski definition) is 10. The number of hydrogen-bond donors (Lipinski definition) is 3. The lowest BCUT2D eigenvalue weighted by Gasteiger charge is -2.49. The smallest absolute Gasteiger partial charge is 0.347 e. The number of hydroxylamine groups is 2. The molecule has 0 radical (unpaired) electrons. The van der Waals surface area contributed by atoms with E-state index in [0.29, 0.717) is 10.2 Å². The van der Waals surface area contributed by atoms with Crippen LogP contribution in [0.1, 0.15) is 57.0 Å². The number of carbonyl (C=O) groups is 3. The first kappa shape index (κ1) is 33.3. The van der Waals surface area contributed by atoms with Crippen LogP contribution in [0.15, 0.2) is 102 Å². The van der Waals surface area contributed by atoms with Crippen molar-refractivity contribution < 1.29 is 29.2 Å². The van der Waals surface area contributed by atoms with Crippen molar-refractivity contribution in [1.82, 2.24) is 15.4 Å². The minimum absolute atomic E-state index is 0.146. The van der Waals surface area contributed by atoms with Gasteiger partial charge in [-0.05, 0) is 51.3 Å². The number of amides is 2. The quantitative estimate of drug-likeness (QED) is 0.0506. The molecule has 244 valence electrons. The summed E-state index contributed by atoms with van der Waals surface area (Å²) in [5, 5.41) is 22.9. The fraction of sp³-hybridized carbons (Fsp3) is 0.286. The van der Waals surface area contributed by atoms with Crippen LogP contribution in [0.2, 0.25) is 0 Å². The minimum atomic E-state index is -1.05. The molecule has 4 aromatic rings. The molecular weight excluding hydrogens is 618 g/mol. The first-order valence-electron chi connectivity index (χ1n) is 15.0. The van der Waals surface area contributed by atoms with E-state index < -0.39 is 47.1 Å². The van der Waals surface area contributed by atoms with E-state index in [4.69, 9.17) is 14.6 Å². The molecule has 47 heavy (non-hydrogen) atoms. The van der Waals surface area contributed by atoms with Crippen molar-refractivity contribution in [3.8, 4) is 0 Å². The highest BCUT2D eigenvalue weighted by molar-refractivity contribution is 7.14. The molecule has 1 aliphatic heterocycles. The fourth-order valence-electron chi connectivity index (χ4n) is 5.31. The monoisotopic (exact) mass is 655 g/mol. The van der Waals surface area contributed by atoms with Gasteiger partial charge in [0, 0.05) is 5.38 Å². The SMILES string of the molecule is CC(C)(C)OC(=O)CO/N=C(/C(=O)N[C@@H]1C(=O)N(O)C1(C)C)c1csc(NC(c2ccccc2)(c2ccccc2)c2ccccc2)n1. The Balaban J connectivity index is 1.52. The van der Waals surface area contributed by atoms with E-state index in [9.17, 15) is 19.6 Å². The summed E-state index contributed by atoms with van der Waals surface area (Å²) in [5.74, 6) is -2.12. The number of benzene rings is 3. The molecule has 1 aliphatic rings. The van der Waals surface area contributed by atoms with E-state index in [0.717, 1.165) is 16.7 Å². The standard InChI is InChI=1S/C35H37N5O6S/c1-33(2,3)46-27(41)21-45-39-28(30(42)37-29-31(43)40(44)34(29,4)5)26-22-47-32(36-26)38-35(23-15-9-6-10-16-23,24-17-11-7-12-18-24)25-19-13-8-14-20-25/h6-20,22,29,44H,21H2,1-5H3,(H,36,38)(H,37,42)/b39-28+/t29-/m1/s1. The van der Waals surface area contributed by atoms with Crippen LogP contribution in [0.25, 0.3) is 0 Å². The van der Waals surface area contributed by atoms with Crippen LogP contribution in [0, 0.1) is 0 Å². The zero-order valence-corrected chi connectivity index (χ0v) is 27.6. The first-order valence-corrected chi connectivity index (χ1v) is 15.9. The largest absolute Gasteiger partial charge is 0.457 e. The maximum absolute atomic E-state index is 13.6. The second kappa shape index (κ2) is 13.3. The lowest BCUT2D eigenvalue weighted by molar-refractivity contribution is -0.231. The number of oxime groups is 1. The molecule has 3 N–H and O–H groups in total. The van der Waals surface area contributed by atoms with Crippen LogP contribution in [-0.2, 0) is 29.5 Å². The van der Waals surface area contributed by atoms with Gasteiger partial charge in [-0.3, -0.25) is 14.8 Å². The minimum Gasteiger partial charge on any atom is -0.457 e. The van der Waals surface area contributed by atoms with Gasteiger partial charge in [0.05, 0.1) is 5.54 Å². The summed E-state index contributed by atoms with van der Waals surface area (Å²) in [7, 11) is 0. The predicted octanol–water partition coefficient (Wildman–Crippen LogP) is 5.10. The molecule has 12 heteroatoms. The normalized spacial score (nSPS) is 16.2. The Labute approximate surface area is 277 Å². The Morgan fingerprint density at radius 2 is 1.45 bits per heavy atom. The summed E-state index contributed by atoms with van der Waals surface area (Å²) >= 11 is 1.25. The van der Waals surface area contributed by atoms with Crippen LogP contribution < -0.4 is 10.6 Å². The van der Waals surface area contributed by atoms with Gasteiger partial charge >= 0.3 is 5.97 Å². The van der Waals surface area contributed by atoms with Gasteiger partial charge in [-0.15, -0.1) is 11.3 Å². The maximum Gasteiger partial charge on any atom is 0.347 e. The molecule has 0 aliphatic carbocycles. The average molecular weight is 656 g/mol. The summed E-state index contributed by atoms with van der Waals surface area (Å²) in [6.07, 6.45) is 0. The zero-order valence-electron chi connectivity index (χ0n) is 26.8. The number of aromatic nitrogens is 1. The maximum atomic E-state index is 13.6. The highest BCUT2D eigenvalue weighted by atomic mass is 32.1. The van der Waals surface area contributed by atoms with Crippen LogP contribution in [0.4, 0.5) is 5.13 Å². The van der Waals surface area contributed by atoms with Crippen molar-refractivity contribution >= 4 is 40.0 Å². The summed E-state index contributed by atoms with van der Waals surface area (Å²) in [5.41, 5.74) is 0.0932. The molecule has 0 spiro atoms. The molecule has 1 atom stereocenters. The molecule has 11 nitrogen and oxygen atoms in total. The van der Waals surface area contributed by atoms with Crippen molar-refractivity contribution in [2.24, 2.45) is 5.16 Å². The van der Waals surface area contributed by atoms with Crippen LogP contribution in [0.5, 0.6) is 0 Å². The molecule has 0 unspecified atom stereocenters. The van der Waals surface area contributed by atoms with Crippen molar-refractivity contribution in [2.75, 3.05) is 11.9 Å². The molecule has 1 aromatic heterocycles. The second-order valence-corrected chi connectivity index (χ2v) is 13.4. The lowest BCUT2D eigenvalue weighted by Crippen LogP contribution is -2.75. The van der Waals surface area contributed by atoms with Crippen molar-refractivity contribution in [1.29, 1.82) is 0 Å². The van der Waals surface area contributed by atoms with Crippen molar-refractivity contribution in [3.63, 3.8) is 0 Å². The number of nitrogens with one attached hydrogen (secondary N) is 2. The van der Waals surface area contributed by atoms with Gasteiger partial charge in [0.1, 0.15) is 22.9 Å². The summed E-state index contributed by atoms with van der Waals surface area (Å²) < 4.78 is 5.28. The number of nitrogens with zero attached hydrogens (tertiary/aromatic N) is 3. The Morgan fingerprint density at radius 1 is 0.936 bits per heavy atom. The molecular formula is C35H37N5O6S. The number of ether oxygens (including phenoxy) is 1. The molecule has 3 aromatic carbocycles. The van der Waals surface area contributed by atoms with Crippen molar-refractivity contribution in [3.05, 3.63) is 119 Å². The van der Waals surface area contributed by atoms with Gasteiger partial charge < -0.3 is 20.2 Å². The Morgan fingerprint density at radius 3 is 1.91 bits per heavy atom. The fourth-order valence-corrected chi connectivity index (χ4v) is 6.06. The van der Waals surface area contributed by atoms with Gasteiger partial charge in [0.2, 0.25) is 6.61 Å². The Hall–Kier alpha value is -5.07. The van der Waals surface area contributed by atoms with Gasteiger partial charge in [0.15, 0.2) is 10.8 Å². The number of anilines is 1. The average Bonchev–Trinajstić information content (AvgIpc) is 3.52. The summed E-state index contributed by atoms with van der Waals surface area (Å²) in [6, 6.07) is 28.9. The first-order chi connectivity index (χ1) is 22.3. The number of esters is 1. The molecule has 1 fully saturated rings. The van der Waals surface area contributed by atoms with Gasteiger partial charge in [-0.1, -0.05) is 96.2 Å². The van der Waals surface area contributed by atoms with Gasteiger partial charge in [0.25, 0.3) is 11.8 Å². The molecule has 5 rings (SSSR count). The topological polar surface area (TPSA) is 142 Å². The van der Waals surface area contributed by atoms with Crippen molar-refractivity contribution in [2.45, 2.75) is 57.3 Å². The van der Waals surface area contributed by atoms with Crippen LogP contribution in [0.3, 0.4) is 0 Å². The summed E-state index contributed by atoms with van der Waals surface area (Å²) in [6.45, 7) is 7.82. The number of β-lactam (4-membered cyclic amide) rings is 1. The van der Waals surface area contributed by atoms with Gasteiger partial charge in [-0.25, -0.2) is 14.8 Å². The molecule has 0 bridgehead atoms. The van der Waals surface area contributed by atoms with Crippen LogP contribution in [-0.4, -0.2) is 62.5 Å². The van der Waals surface area contributed by atoms with E-state index in [1.807, 2.05) is 91.0 Å². The van der Waals surface area contributed by atoms with E-state index in [1.54, 1.807) is 40.0 Å². The predicted molar refractivity (Wildman–Crippen MR) is 178 cm³/mol. The Bertz CT molecular complexity index is 1660. The molecule has 2 amide bonds. The molecule has 0 saturated carbocycles. The third kappa shape index (κ3) is 7.03. The third-order valence-corrected chi connectivity index (χ3v) is 8.38. The van der Waals surface area contributed by atoms with Gasteiger partial charge in [-0.2, -0.15) is 0 Å². The number of thiazole rings is 1. The second-order valence-electron chi connectivity index (χ2n) is 12.5. The van der Waals surface area contributed by atoms with E-state index in [2.05, 4.69) is 15.8 Å². The summed E-state index contributed by atoms with van der Waals surface area (Å²) in [4.78, 5) is 48.3. The van der Waals surface area contributed by atoms with E-state index >= 15 is 0 Å². The molecule has 1 saturated heterocycles. The zero-order chi connectivity index (χ0) is 33.8. The highest BCUT2D eigenvalue weighted by Gasteiger charge is 2.55.